The Kier molecular flexibility index (Phi) is 11.5. The van der Waals surface area contributed by atoms with Crippen LogP contribution in [0.25, 0.3) is 5.57 Å². The van der Waals surface area contributed by atoms with Gasteiger partial charge in [-0.3, -0.25) is 10.00 Å². The predicted octanol–water partition coefficient (Wildman–Crippen LogP) is 5.42. The van der Waals surface area contributed by atoms with Gasteiger partial charge in [0, 0.05) is 81.1 Å². The van der Waals surface area contributed by atoms with Crippen LogP contribution >= 0.6 is 0 Å². The number of aromatic nitrogens is 2. The number of piperidine rings is 1. The van der Waals surface area contributed by atoms with Crippen molar-refractivity contribution < 1.29 is 18.6 Å². The number of β-amino-alcohol motifs (C(OH)–C–C–N with tert-alkyl or cyclic N) is 1. The molecule has 7 nitrogen and oxygen atoms in total. The smallest absolute Gasteiger partial charge is 0.167 e. The van der Waals surface area contributed by atoms with Gasteiger partial charge in [0.15, 0.2) is 11.6 Å². The standard InChI is InChI=1S/C26H33F2N5O2.C3H8/c1-3-22(19-15-29-30-16-19)26(31-24-8-9-32(12-13-34)17-18(24)2)33-10-6-21(7-11-33)35-25-5-4-20(27)14-23(25)28;1-3-2/h3-5,14-16,21,34H,6-13,17H2,1-2H3,(H,29,30);3H2,1-2H3/b22-3+,31-26?;. The van der Waals surface area contributed by atoms with Gasteiger partial charge >= 0.3 is 0 Å². The van der Waals surface area contributed by atoms with E-state index in [2.05, 4.69) is 46.8 Å². The van der Waals surface area contributed by atoms with E-state index in [1.54, 1.807) is 6.20 Å². The molecule has 1 aromatic carbocycles. The van der Waals surface area contributed by atoms with Gasteiger partial charge in [0.2, 0.25) is 0 Å². The van der Waals surface area contributed by atoms with Gasteiger partial charge in [-0.1, -0.05) is 26.3 Å². The van der Waals surface area contributed by atoms with E-state index in [-0.39, 0.29) is 18.5 Å². The Bertz CT molecular complexity index is 1110. The molecule has 4 rings (SSSR count). The summed E-state index contributed by atoms with van der Waals surface area (Å²) in [5.74, 6) is -0.316. The van der Waals surface area contributed by atoms with Crippen molar-refractivity contribution in [2.45, 2.75) is 59.5 Å². The van der Waals surface area contributed by atoms with Gasteiger partial charge in [0.25, 0.3) is 0 Å². The molecule has 2 aliphatic heterocycles. The van der Waals surface area contributed by atoms with Crippen molar-refractivity contribution in [3.8, 4) is 5.75 Å². The molecular weight excluding hydrogens is 488 g/mol. The minimum absolute atomic E-state index is 0.0849. The summed E-state index contributed by atoms with van der Waals surface area (Å²) in [6.07, 6.45) is 9.02. The Balaban J connectivity index is 0.00000127. The van der Waals surface area contributed by atoms with Crippen LogP contribution in [-0.4, -0.2) is 76.4 Å². The number of aliphatic hydroxyl groups is 1. The number of aromatic amines is 1. The van der Waals surface area contributed by atoms with E-state index < -0.39 is 11.6 Å². The Hall–Kier alpha value is -3.04. The number of rotatable bonds is 7. The largest absolute Gasteiger partial charge is 0.487 e. The number of aliphatic imine (C=N–C) groups is 1. The monoisotopic (exact) mass is 529 g/mol. The van der Waals surface area contributed by atoms with E-state index in [0.29, 0.717) is 32.5 Å². The summed E-state index contributed by atoms with van der Waals surface area (Å²) in [6.45, 7) is 12.2. The van der Waals surface area contributed by atoms with Crippen molar-refractivity contribution in [2.75, 3.05) is 39.3 Å². The lowest BCUT2D eigenvalue weighted by Gasteiger charge is -2.35. The minimum atomic E-state index is -0.680. The number of ether oxygens (including phenoxy) is 1. The normalized spacial score (nSPS) is 17.9. The summed E-state index contributed by atoms with van der Waals surface area (Å²) in [5.41, 5.74) is 4.24. The number of hydrogen-bond acceptors (Lipinski definition) is 5. The van der Waals surface area contributed by atoms with E-state index in [0.717, 1.165) is 48.2 Å². The minimum Gasteiger partial charge on any atom is -0.487 e. The number of H-pyrrole nitrogens is 1. The van der Waals surface area contributed by atoms with E-state index in [4.69, 9.17) is 9.73 Å². The molecule has 0 spiro atoms. The maximum atomic E-state index is 14.1. The number of benzene rings is 1. The second kappa shape index (κ2) is 14.8. The molecule has 0 bridgehead atoms. The lowest BCUT2D eigenvalue weighted by Crippen LogP contribution is -2.42. The second-order valence-electron chi connectivity index (χ2n) is 9.69. The van der Waals surface area contributed by atoms with Crippen molar-refractivity contribution in [3.63, 3.8) is 0 Å². The molecule has 3 heterocycles. The van der Waals surface area contributed by atoms with E-state index in [1.165, 1.54) is 24.1 Å². The van der Waals surface area contributed by atoms with Crippen LogP contribution in [0.4, 0.5) is 8.78 Å². The Morgan fingerprint density at radius 1 is 1.24 bits per heavy atom. The number of halogens is 2. The number of nitrogens with one attached hydrogen (secondary N) is 1. The maximum Gasteiger partial charge on any atom is 0.167 e. The fourth-order valence-electron chi connectivity index (χ4n) is 4.65. The number of likely N-dealkylation sites (tertiary alicyclic amines) is 1. The third-order valence-corrected chi connectivity index (χ3v) is 6.54. The van der Waals surface area contributed by atoms with Gasteiger partial charge in [0.05, 0.1) is 12.8 Å². The summed E-state index contributed by atoms with van der Waals surface area (Å²) < 4.78 is 33.1. The molecule has 2 aromatic rings. The van der Waals surface area contributed by atoms with Crippen molar-refractivity contribution in [2.24, 2.45) is 4.99 Å². The molecule has 0 atom stereocenters. The molecule has 1 saturated heterocycles. The van der Waals surface area contributed by atoms with Crippen LogP contribution in [-0.2, 0) is 0 Å². The molecule has 0 amide bonds. The van der Waals surface area contributed by atoms with Crippen LogP contribution in [0.2, 0.25) is 0 Å². The summed E-state index contributed by atoms with van der Waals surface area (Å²) in [4.78, 5) is 9.66. The van der Waals surface area contributed by atoms with Crippen LogP contribution in [0.3, 0.4) is 0 Å². The molecule has 1 aromatic heterocycles. The molecule has 0 radical (unpaired) electrons. The van der Waals surface area contributed by atoms with Gasteiger partial charge in [-0.2, -0.15) is 5.10 Å². The Morgan fingerprint density at radius 3 is 2.55 bits per heavy atom. The highest BCUT2D eigenvalue weighted by Crippen LogP contribution is 2.27. The average Bonchev–Trinajstić information content (AvgIpc) is 3.43. The molecular formula is C29H41F2N5O2. The van der Waals surface area contributed by atoms with Gasteiger partial charge < -0.3 is 14.7 Å². The number of allylic oxidation sites excluding steroid dienone is 1. The lowest BCUT2D eigenvalue weighted by molar-refractivity contribution is 0.126. The van der Waals surface area contributed by atoms with E-state index in [9.17, 15) is 13.9 Å². The van der Waals surface area contributed by atoms with Gasteiger partial charge in [-0.05, 0) is 31.6 Å². The topological polar surface area (TPSA) is 77.0 Å². The van der Waals surface area contributed by atoms with Gasteiger partial charge in [0.1, 0.15) is 17.8 Å². The average molecular weight is 530 g/mol. The zero-order valence-corrected chi connectivity index (χ0v) is 23.0. The molecule has 1 fully saturated rings. The second-order valence-corrected chi connectivity index (χ2v) is 9.69. The molecule has 0 unspecified atom stereocenters. The summed E-state index contributed by atoms with van der Waals surface area (Å²) >= 11 is 0. The van der Waals surface area contributed by atoms with Crippen molar-refractivity contribution in [1.29, 1.82) is 0 Å². The predicted molar refractivity (Wildman–Crippen MR) is 148 cm³/mol. The molecule has 2 aliphatic rings. The maximum absolute atomic E-state index is 14.1. The zero-order valence-electron chi connectivity index (χ0n) is 23.0. The summed E-state index contributed by atoms with van der Waals surface area (Å²) in [7, 11) is 0. The third kappa shape index (κ3) is 7.98. The number of hydrogen-bond donors (Lipinski definition) is 2. The van der Waals surface area contributed by atoms with Crippen LogP contribution in [0, 0.1) is 11.6 Å². The van der Waals surface area contributed by atoms with Crippen LogP contribution in [0.15, 0.2) is 52.9 Å². The zero-order chi connectivity index (χ0) is 27.5. The highest BCUT2D eigenvalue weighted by atomic mass is 19.1. The quantitative estimate of drug-likeness (QED) is 0.370. The summed E-state index contributed by atoms with van der Waals surface area (Å²) in [6, 6.07) is 3.41. The van der Waals surface area contributed by atoms with Crippen LogP contribution in [0.5, 0.6) is 5.75 Å². The van der Waals surface area contributed by atoms with Crippen molar-refractivity contribution in [3.05, 3.63) is 65.1 Å². The molecule has 2 N–H and O–H groups in total. The molecule has 0 saturated carbocycles. The SMILES string of the molecule is C/C=C(/C(=NC1=C(C)CN(CCO)CC1)N1CCC(Oc2ccc(F)cc2F)CC1)c1cn[nH]c1.CCC. The lowest BCUT2D eigenvalue weighted by atomic mass is 10.0. The van der Waals surface area contributed by atoms with E-state index >= 15 is 0 Å². The Labute approximate surface area is 224 Å². The molecule has 9 heteroatoms. The summed E-state index contributed by atoms with van der Waals surface area (Å²) in [5, 5.41) is 16.3. The first-order chi connectivity index (χ1) is 18.4. The first-order valence-corrected chi connectivity index (χ1v) is 13.5. The highest BCUT2D eigenvalue weighted by Gasteiger charge is 2.27. The fourth-order valence-corrected chi connectivity index (χ4v) is 4.65. The number of nitrogens with zero attached hydrogens (tertiary/aromatic N) is 4. The van der Waals surface area contributed by atoms with Crippen LogP contribution < -0.4 is 4.74 Å². The van der Waals surface area contributed by atoms with Crippen molar-refractivity contribution >= 4 is 11.4 Å². The molecule has 38 heavy (non-hydrogen) atoms. The first kappa shape index (κ1) is 29.5. The van der Waals surface area contributed by atoms with E-state index in [1.807, 2.05) is 13.1 Å². The third-order valence-electron chi connectivity index (χ3n) is 6.54. The molecule has 0 aliphatic carbocycles. The van der Waals surface area contributed by atoms with Crippen molar-refractivity contribution in [1.82, 2.24) is 20.0 Å². The van der Waals surface area contributed by atoms with Gasteiger partial charge in [-0.15, -0.1) is 0 Å². The first-order valence-electron chi connectivity index (χ1n) is 13.5. The van der Waals surface area contributed by atoms with Gasteiger partial charge in [-0.25, -0.2) is 13.8 Å². The fraction of sp³-hybridized carbons (Fsp3) is 0.517. The number of amidine groups is 1. The number of aliphatic hydroxyl groups excluding tert-OH is 1. The Morgan fingerprint density at radius 2 is 1.97 bits per heavy atom. The highest BCUT2D eigenvalue weighted by molar-refractivity contribution is 6.22. The molecule has 208 valence electrons. The van der Waals surface area contributed by atoms with Crippen LogP contribution in [0.1, 0.15) is 58.9 Å².